The maximum atomic E-state index is 5.87. The average molecular weight is 270 g/mol. The Morgan fingerprint density at radius 3 is 2.58 bits per heavy atom. The molecule has 0 aliphatic heterocycles. The van der Waals surface area contributed by atoms with E-state index in [-0.39, 0.29) is 0 Å². The van der Waals surface area contributed by atoms with Crippen molar-refractivity contribution in [2.24, 2.45) is 0 Å². The second-order valence-electron chi connectivity index (χ2n) is 2.20. The van der Waals surface area contributed by atoms with Crippen LogP contribution in [0.5, 0.6) is 0 Å². The van der Waals surface area contributed by atoms with E-state index in [9.17, 15) is 0 Å². The highest BCUT2D eigenvalue weighted by Crippen LogP contribution is 2.39. The van der Waals surface area contributed by atoms with E-state index in [0.717, 1.165) is 5.69 Å². The maximum absolute atomic E-state index is 5.87. The Kier molecular flexibility index (Phi) is 3.09. The molecule has 0 saturated carbocycles. The van der Waals surface area contributed by atoms with Gasteiger partial charge in [-0.3, -0.25) is 0 Å². The molecule has 0 saturated heterocycles. The number of rotatable bonds is 1. The van der Waals surface area contributed by atoms with Gasteiger partial charge in [0.05, 0.1) is 25.9 Å². The van der Waals surface area contributed by atoms with Crippen molar-refractivity contribution in [3.63, 3.8) is 0 Å². The molecule has 0 heterocycles. The zero-order chi connectivity index (χ0) is 9.30. The van der Waals surface area contributed by atoms with Crippen LogP contribution in [0.25, 0.3) is 0 Å². The Hall–Kier alpha value is -0.120. The van der Waals surface area contributed by atoms with Crippen LogP contribution in [-0.4, -0.2) is 7.05 Å². The van der Waals surface area contributed by atoms with Crippen LogP contribution in [0.1, 0.15) is 0 Å². The first-order valence-corrected chi connectivity index (χ1v) is 4.73. The monoisotopic (exact) mass is 268 g/mol. The first kappa shape index (κ1) is 9.96. The first-order chi connectivity index (χ1) is 5.57. The van der Waals surface area contributed by atoms with E-state index >= 15 is 0 Å². The van der Waals surface area contributed by atoms with Crippen molar-refractivity contribution >= 4 is 50.5 Å². The molecule has 1 aromatic rings. The van der Waals surface area contributed by atoms with E-state index in [2.05, 4.69) is 21.2 Å². The van der Waals surface area contributed by atoms with Crippen LogP contribution in [0.2, 0.25) is 10.0 Å². The van der Waals surface area contributed by atoms with Gasteiger partial charge in [0.1, 0.15) is 0 Å². The molecule has 12 heavy (non-hydrogen) atoms. The largest absolute Gasteiger partial charge is 0.396 e. The maximum Gasteiger partial charge on any atom is 0.0813 e. The molecule has 0 bridgehead atoms. The second kappa shape index (κ2) is 3.73. The summed E-state index contributed by atoms with van der Waals surface area (Å²) in [6, 6.07) is 1.72. The van der Waals surface area contributed by atoms with Gasteiger partial charge in [0.2, 0.25) is 0 Å². The van der Waals surface area contributed by atoms with Gasteiger partial charge in [-0.15, -0.1) is 0 Å². The van der Waals surface area contributed by atoms with Crippen LogP contribution in [0.4, 0.5) is 11.4 Å². The molecule has 66 valence electrons. The molecule has 0 aliphatic rings. The third-order valence-corrected chi connectivity index (χ3v) is 3.44. The third kappa shape index (κ3) is 1.63. The summed E-state index contributed by atoms with van der Waals surface area (Å²) in [5, 5.41) is 3.87. The van der Waals surface area contributed by atoms with Crippen molar-refractivity contribution in [1.29, 1.82) is 0 Å². The average Bonchev–Trinajstić information content (AvgIpc) is 2.08. The topological polar surface area (TPSA) is 38.0 Å². The van der Waals surface area contributed by atoms with Gasteiger partial charge in [-0.05, 0) is 22.0 Å². The van der Waals surface area contributed by atoms with Crippen LogP contribution in [0.15, 0.2) is 10.5 Å². The Bertz CT molecular complexity index is 315. The highest BCUT2D eigenvalue weighted by Gasteiger charge is 2.10. The number of nitrogens with two attached hydrogens (primary N) is 1. The Morgan fingerprint density at radius 2 is 2.08 bits per heavy atom. The number of hydrogen-bond acceptors (Lipinski definition) is 2. The summed E-state index contributed by atoms with van der Waals surface area (Å²) in [6.45, 7) is 0. The van der Waals surface area contributed by atoms with Gasteiger partial charge in [-0.25, -0.2) is 0 Å². The van der Waals surface area contributed by atoms with Crippen LogP contribution < -0.4 is 11.1 Å². The summed E-state index contributed by atoms with van der Waals surface area (Å²) in [6.07, 6.45) is 0. The van der Waals surface area contributed by atoms with E-state index in [4.69, 9.17) is 28.9 Å². The molecule has 1 rings (SSSR count). The minimum Gasteiger partial charge on any atom is -0.396 e. The number of nitrogens with one attached hydrogen (secondary N) is 1. The van der Waals surface area contributed by atoms with Gasteiger partial charge in [0.15, 0.2) is 0 Å². The van der Waals surface area contributed by atoms with Crippen LogP contribution >= 0.6 is 39.1 Å². The van der Waals surface area contributed by atoms with Crippen molar-refractivity contribution in [2.75, 3.05) is 18.1 Å². The quantitative estimate of drug-likeness (QED) is 0.606. The van der Waals surface area contributed by atoms with Gasteiger partial charge >= 0.3 is 0 Å². The number of nitrogen functional groups attached to an aromatic ring is 1. The molecule has 0 atom stereocenters. The van der Waals surface area contributed by atoms with Crippen molar-refractivity contribution in [2.45, 2.75) is 0 Å². The minimum absolute atomic E-state index is 0.437. The smallest absolute Gasteiger partial charge is 0.0813 e. The number of halogens is 3. The fraction of sp³-hybridized carbons (Fsp3) is 0.143. The van der Waals surface area contributed by atoms with Crippen molar-refractivity contribution in [1.82, 2.24) is 0 Å². The van der Waals surface area contributed by atoms with Gasteiger partial charge in [-0.2, -0.15) is 0 Å². The molecule has 0 radical (unpaired) electrons. The van der Waals surface area contributed by atoms with E-state index in [0.29, 0.717) is 20.2 Å². The molecule has 0 aliphatic carbocycles. The van der Waals surface area contributed by atoms with E-state index in [1.54, 1.807) is 13.1 Å². The molecule has 0 unspecified atom stereocenters. The molecule has 0 aromatic heterocycles. The lowest BCUT2D eigenvalue weighted by atomic mass is 10.2. The predicted octanol–water partition coefficient (Wildman–Crippen LogP) is 3.38. The fourth-order valence-corrected chi connectivity index (χ4v) is 1.60. The first-order valence-electron chi connectivity index (χ1n) is 3.18. The predicted molar refractivity (Wildman–Crippen MR) is 58.1 cm³/mol. The summed E-state index contributed by atoms with van der Waals surface area (Å²) >= 11 is 14.9. The number of benzene rings is 1. The second-order valence-corrected chi connectivity index (χ2v) is 3.78. The molecule has 2 nitrogen and oxygen atoms in total. The molecule has 5 heteroatoms. The molecule has 1 aromatic carbocycles. The lowest BCUT2D eigenvalue weighted by molar-refractivity contribution is 1.50. The third-order valence-electron chi connectivity index (χ3n) is 1.47. The van der Waals surface area contributed by atoms with Gasteiger partial charge < -0.3 is 11.1 Å². The molecule has 0 amide bonds. The van der Waals surface area contributed by atoms with Crippen molar-refractivity contribution < 1.29 is 0 Å². The molecular formula is C7H7BrCl2N2. The van der Waals surface area contributed by atoms with Crippen LogP contribution in [0, 0.1) is 0 Å². The zero-order valence-electron chi connectivity index (χ0n) is 6.29. The van der Waals surface area contributed by atoms with Gasteiger partial charge in [-0.1, -0.05) is 23.2 Å². The van der Waals surface area contributed by atoms with E-state index in [1.165, 1.54) is 0 Å². The summed E-state index contributed by atoms with van der Waals surface area (Å²) in [4.78, 5) is 0. The van der Waals surface area contributed by atoms with Gasteiger partial charge in [0.25, 0.3) is 0 Å². The Labute approximate surface area is 89.2 Å². The Balaban J connectivity index is 3.39. The van der Waals surface area contributed by atoms with Gasteiger partial charge in [0, 0.05) is 7.05 Å². The number of anilines is 2. The van der Waals surface area contributed by atoms with Crippen molar-refractivity contribution in [3.8, 4) is 0 Å². The summed E-state index contributed by atoms with van der Waals surface area (Å²) in [7, 11) is 1.76. The molecule has 0 fully saturated rings. The lowest BCUT2D eigenvalue weighted by Gasteiger charge is -2.09. The summed E-state index contributed by atoms with van der Waals surface area (Å²) in [5.74, 6) is 0. The standard InChI is InChI=1S/C7H7BrCl2N2/c1-12-4-2-3(9)5(8)6(10)7(4)11/h2,12H,11H2,1H3. The lowest BCUT2D eigenvalue weighted by Crippen LogP contribution is -1.97. The summed E-state index contributed by atoms with van der Waals surface area (Å²) < 4.78 is 0.627. The minimum atomic E-state index is 0.437. The normalized spacial score (nSPS) is 10.0. The highest BCUT2D eigenvalue weighted by molar-refractivity contribution is 9.10. The molecule has 3 N–H and O–H groups in total. The molecule has 0 spiro atoms. The SMILES string of the molecule is CNc1cc(Cl)c(Br)c(Cl)c1N. The zero-order valence-corrected chi connectivity index (χ0v) is 9.39. The van der Waals surface area contributed by atoms with Crippen LogP contribution in [-0.2, 0) is 0 Å². The van der Waals surface area contributed by atoms with E-state index < -0.39 is 0 Å². The fourth-order valence-electron chi connectivity index (χ4n) is 0.816. The van der Waals surface area contributed by atoms with E-state index in [1.807, 2.05) is 0 Å². The number of hydrogen-bond donors (Lipinski definition) is 2. The Morgan fingerprint density at radius 1 is 1.50 bits per heavy atom. The van der Waals surface area contributed by atoms with Crippen LogP contribution in [0.3, 0.4) is 0 Å². The highest BCUT2D eigenvalue weighted by atomic mass is 79.9. The summed E-state index contributed by atoms with van der Waals surface area (Å²) in [5.41, 5.74) is 6.91. The molecular weight excluding hydrogens is 263 g/mol. The van der Waals surface area contributed by atoms with Crippen molar-refractivity contribution in [3.05, 3.63) is 20.6 Å².